The van der Waals surface area contributed by atoms with Crippen LogP contribution in [0.3, 0.4) is 0 Å². The number of carbonyl (C=O) groups is 2. The summed E-state index contributed by atoms with van der Waals surface area (Å²) < 4.78 is 0. The van der Waals surface area contributed by atoms with Gasteiger partial charge < -0.3 is 10.6 Å². The lowest BCUT2D eigenvalue weighted by Gasteiger charge is -2.55. The highest BCUT2D eigenvalue weighted by Crippen LogP contribution is 2.60. The van der Waals surface area contributed by atoms with Crippen molar-refractivity contribution in [3.63, 3.8) is 0 Å². The van der Waals surface area contributed by atoms with Crippen molar-refractivity contribution in [3.05, 3.63) is 71.3 Å². The summed E-state index contributed by atoms with van der Waals surface area (Å²) in [4.78, 5) is 26.0. The molecule has 2 aromatic rings. The van der Waals surface area contributed by atoms with E-state index in [0.29, 0.717) is 0 Å². The zero-order chi connectivity index (χ0) is 21.4. The standard InChI is InChI=1S/C27H32N2O2/c1-18-7-9-23(10-8-18)25(22-5-3-2-4-6-22)29-24(30)17-28-26(31)27-14-19-11-20(15-27)13-21(12-19)16-27/h2-10,19-21,25H,11-17H2,1H3,(H,28,31)(H,29,30). The lowest BCUT2D eigenvalue weighted by molar-refractivity contribution is -0.147. The van der Waals surface area contributed by atoms with Crippen LogP contribution in [0.25, 0.3) is 0 Å². The van der Waals surface area contributed by atoms with Crippen LogP contribution in [0.1, 0.15) is 61.3 Å². The molecule has 2 aromatic carbocycles. The van der Waals surface area contributed by atoms with Gasteiger partial charge in [0.05, 0.1) is 12.6 Å². The van der Waals surface area contributed by atoms with Crippen molar-refractivity contribution in [1.82, 2.24) is 10.6 Å². The molecule has 6 rings (SSSR count). The van der Waals surface area contributed by atoms with Gasteiger partial charge in [0.15, 0.2) is 0 Å². The van der Waals surface area contributed by atoms with Crippen LogP contribution < -0.4 is 10.6 Å². The zero-order valence-corrected chi connectivity index (χ0v) is 18.3. The predicted octanol–water partition coefficient (Wildman–Crippen LogP) is 4.53. The normalized spacial score (nSPS) is 29.4. The minimum Gasteiger partial charge on any atom is -0.347 e. The molecule has 0 saturated heterocycles. The average Bonchev–Trinajstić information content (AvgIpc) is 2.76. The third-order valence-corrected chi connectivity index (χ3v) is 7.78. The predicted molar refractivity (Wildman–Crippen MR) is 121 cm³/mol. The zero-order valence-electron chi connectivity index (χ0n) is 18.3. The molecule has 0 aromatic heterocycles. The van der Waals surface area contributed by atoms with Gasteiger partial charge in [-0.3, -0.25) is 9.59 Å². The summed E-state index contributed by atoms with van der Waals surface area (Å²) in [6.07, 6.45) is 6.97. The van der Waals surface area contributed by atoms with Gasteiger partial charge >= 0.3 is 0 Å². The van der Waals surface area contributed by atoms with Crippen molar-refractivity contribution in [2.75, 3.05) is 6.54 Å². The first-order valence-electron chi connectivity index (χ1n) is 11.7. The Balaban J connectivity index is 1.25. The maximum absolute atomic E-state index is 13.2. The van der Waals surface area contributed by atoms with Crippen LogP contribution >= 0.6 is 0 Å². The first-order chi connectivity index (χ1) is 15.0. The van der Waals surface area contributed by atoms with E-state index in [1.807, 2.05) is 30.3 Å². The lowest BCUT2D eigenvalue weighted by atomic mass is 9.49. The average molecular weight is 417 g/mol. The smallest absolute Gasteiger partial charge is 0.240 e. The molecule has 0 aliphatic heterocycles. The quantitative estimate of drug-likeness (QED) is 0.727. The number of aryl methyl sites for hydroxylation is 1. The van der Waals surface area contributed by atoms with Gasteiger partial charge in [-0.15, -0.1) is 0 Å². The number of hydrogen-bond acceptors (Lipinski definition) is 2. The van der Waals surface area contributed by atoms with Crippen LogP contribution in [0.2, 0.25) is 0 Å². The van der Waals surface area contributed by atoms with Crippen LogP contribution in [0.15, 0.2) is 54.6 Å². The number of nitrogens with one attached hydrogen (secondary N) is 2. The second-order valence-corrected chi connectivity index (χ2v) is 10.2. The van der Waals surface area contributed by atoms with Gasteiger partial charge in [-0.05, 0) is 74.3 Å². The first-order valence-corrected chi connectivity index (χ1v) is 11.7. The van der Waals surface area contributed by atoms with E-state index in [2.05, 4.69) is 41.8 Å². The van der Waals surface area contributed by atoms with E-state index < -0.39 is 0 Å². The van der Waals surface area contributed by atoms with Crippen molar-refractivity contribution in [2.45, 2.75) is 51.5 Å². The van der Waals surface area contributed by atoms with Crippen molar-refractivity contribution < 1.29 is 9.59 Å². The molecule has 1 atom stereocenters. The molecule has 4 bridgehead atoms. The maximum Gasteiger partial charge on any atom is 0.240 e. The minimum atomic E-state index is -0.231. The molecule has 2 amide bonds. The maximum atomic E-state index is 13.2. The Morgan fingerprint density at radius 1 is 0.871 bits per heavy atom. The lowest BCUT2D eigenvalue weighted by Crippen LogP contribution is -2.54. The second-order valence-electron chi connectivity index (χ2n) is 10.2. The van der Waals surface area contributed by atoms with Crippen LogP contribution in [0.4, 0.5) is 0 Å². The van der Waals surface area contributed by atoms with E-state index in [1.54, 1.807) is 0 Å². The Kier molecular flexibility index (Phi) is 5.33. The van der Waals surface area contributed by atoms with Crippen LogP contribution in [0.5, 0.6) is 0 Å². The monoisotopic (exact) mass is 416 g/mol. The van der Waals surface area contributed by atoms with Crippen molar-refractivity contribution >= 4 is 11.8 Å². The largest absolute Gasteiger partial charge is 0.347 e. The second kappa shape index (κ2) is 8.14. The van der Waals surface area contributed by atoms with Crippen molar-refractivity contribution in [3.8, 4) is 0 Å². The Morgan fingerprint density at radius 2 is 1.42 bits per heavy atom. The number of carbonyl (C=O) groups excluding carboxylic acids is 2. The number of amides is 2. The molecule has 0 radical (unpaired) electrons. The summed E-state index contributed by atoms with van der Waals surface area (Å²) in [5, 5.41) is 6.15. The van der Waals surface area contributed by atoms with Gasteiger partial charge in [-0.2, -0.15) is 0 Å². The molecule has 4 nitrogen and oxygen atoms in total. The van der Waals surface area contributed by atoms with Gasteiger partial charge in [0.25, 0.3) is 0 Å². The highest BCUT2D eigenvalue weighted by molar-refractivity contribution is 5.88. The molecule has 1 unspecified atom stereocenters. The van der Waals surface area contributed by atoms with E-state index in [0.717, 1.165) is 48.1 Å². The first kappa shape index (κ1) is 20.3. The molecule has 4 fully saturated rings. The van der Waals surface area contributed by atoms with Gasteiger partial charge in [0.1, 0.15) is 0 Å². The van der Waals surface area contributed by atoms with E-state index in [4.69, 9.17) is 0 Å². The highest BCUT2D eigenvalue weighted by Gasteiger charge is 2.54. The molecule has 31 heavy (non-hydrogen) atoms. The molecular weight excluding hydrogens is 384 g/mol. The fraction of sp³-hybridized carbons (Fsp3) is 0.481. The van der Waals surface area contributed by atoms with Gasteiger partial charge in [0.2, 0.25) is 11.8 Å². The number of hydrogen-bond donors (Lipinski definition) is 2. The summed E-state index contributed by atoms with van der Waals surface area (Å²) in [6.45, 7) is 2.09. The fourth-order valence-corrected chi connectivity index (χ4v) is 6.71. The van der Waals surface area contributed by atoms with Gasteiger partial charge in [-0.25, -0.2) is 0 Å². The third kappa shape index (κ3) is 4.13. The minimum absolute atomic E-state index is 0.0375. The molecule has 4 saturated carbocycles. The number of benzene rings is 2. The van der Waals surface area contributed by atoms with E-state index in [9.17, 15) is 9.59 Å². The fourth-order valence-electron chi connectivity index (χ4n) is 6.71. The van der Waals surface area contributed by atoms with Crippen LogP contribution in [0, 0.1) is 30.1 Å². The van der Waals surface area contributed by atoms with E-state index in [1.165, 1.54) is 24.8 Å². The molecule has 162 valence electrons. The summed E-state index contributed by atoms with van der Waals surface area (Å²) in [6, 6.07) is 18.0. The van der Waals surface area contributed by atoms with Gasteiger partial charge in [0, 0.05) is 5.41 Å². The van der Waals surface area contributed by atoms with Gasteiger partial charge in [-0.1, -0.05) is 60.2 Å². The molecular formula is C27H32N2O2. The summed E-state index contributed by atoms with van der Waals surface area (Å²) in [5.41, 5.74) is 3.04. The van der Waals surface area contributed by atoms with Crippen LogP contribution in [-0.4, -0.2) is 18.4 Å². The molecule has 0 spiro atoms. The molecule has 4 heteroatoms. The SMILES string of the molecule is Cc1ccc(C(NC(=O)CNC(=O)C23CC4CC(CC(C4)C2)C3)c2ccccc2)cc1. The third-order valence-electron chi connectivity index (χ3n) is 7.78. The van der Waals surface area contributed by atoms with E-state index in [-0.39, 0.29) is 29.8 Å². The number of rotatable bonds is 6. The van der Waals surface area contributed by atoms with E-state index >= 15 is 0 Å². The Labute approximate surface area is 184 Å². The highest BCUT2D eigenvalue weighted by atomic mass is 16.2. The molecule has 4 aliphatic carbocycles. The summed E-state index contributed by atoms with van der Waals surface area (Å²) in [5.74, 6) is 2.11. The summed E-state index contributed by atoms with van der Waals surface area (Å²) in [7, 11) is 0. The Bertz CT molecular complexity index is 916. The Hall–Kier alpha value is -2.62. The van der Waals surface area contributed by atoms with Crippen molar-refractivity contribution in [2.24, 2.45) is 23.2 Å². The van der Waals surface area contributed by atoms with Crippen molar-refractivity contribution in [1.29, 1.82) is 0 Å². The molecule has 4 aliphatic rings. The summed E-state index contributed by atoms with van der Waals surface area (Å²) >= 11 is 0. The Morgan fingerprint density at radius 3 is 2.00 bits per heavy atom. The van der Waals surface area contributed by atoms with Crippen LogP contribution in [-0.2, 0) is 9.59 Å². The topological polar surface area (TPSA) is 58.2 Å². The molecule has 0 heterocycles. The molecule has 2 N–H and O–H groups in total.